The predicted octanol–water partition coefficient (Wildman–Crippen LogP) is 3.62. The molecule has 1 aromatic rings. The zero-order chi connectivity index (χ0) is 12.8. The molecule has 18 heavy (non-hydrogen) atoms. The lowest BCUT2D eigenvalue weighted by atomic mass is 9.84. The zero-order valence-corrected chi connectivity index (χ0v) is 11.2. The standard InChI is InChI=1S/C16H22N2/c1-13(14-7-3-2-4-8-14)18-12-16-10-6-5-9-15(16)11-17/h5-6,9-10,13-14,18H,2-4,7-8,12H2,1H3. The molecule has 0 saturated heterocycles. The highest BCUT2D eigenvalue weighted by Crippen LogP contribution is 2.26. The third-order valence-corrected chi connectivity index (χ3v) is 4.11. The quantitative estimate of drug-likeness (QED) is 0.875. The fraction of sp³-hybridized carbons (Fsp3) is 0.562. The van der Waals surface area contributed by atoms with Crippen molar-refractivity contribution in [1.82, 2.24) is 5.32 Å². The highest BCUT2D eigenvalue weighted by Gasteiger charge is 2.19. The third-order valence-electron chi connectivity index (χ3n) is 4.11. The third kappa shape index (κ3) is 3.34. The summed E-state index contributed by atoms with van der Waals surface area (Å²) in [4.78, 5) is 0. The Kier molecular flexibility index (Phi) is 4.78. The maximum absolute atomic E-state index is 9.05. The minimum Gasteiger partial charge on any atom is -0.310 e. The maximum atomic E-state index is 9.05. The molecule has 1 N–H and O–H groups in total. The Bertz CT molecular complexity index is 413. The number of rotatable bonds is 4. The second kappa shape index (κ2) is 6.56. The number of hydrogen-bond acceptors (Lipinski definition) is 2. The molecule has 96 valence electrons. The van der Waals surface area contributed by atoms with Crippen LogP contribution in [0.1, 0.15) is 50.2 Å². The van der Waals surface area contributed by atoms with Gasteiger partial charge < -0.3 is 5.32 Å². The van der Waals surface area contributed by atoms with Crippen molar-refractivity contribution in [3.05, 3.63) is 35.4 Å². The van der Waals surface area contributed by atoms with Gasteiger partial charge in [-0.05, 0) is 37.3 Å². The minimum atomic E-state index is 0.553. The van der Waals surface area contributed by atoms with Crippen molar-refractivity contribution in [2.45, 2.75) is 51.6 Å². The van der Waals surface area contributed by atoms with Crippen LogP contribution in [0.2, 0.25) is 0 Å². The lowest BCUT2D eigenvalue weighted by Gasteiger charge is -2.28. The van der Waals surface area contributed by atoms with Gasteiger partial charge in [-0.1, -0.05) is 37.5 Å². The molecule has 0 heterocycles. The van der Waals surface area contributed by atoms with Crippen LogP contribution in [0.25, 0.3) is 0 Å². The Morgan fingerprint density at radius 2 is 2.00 bits per heavy atom. The van der Waals surface area contributed by atoms with Gasteiger partial charge in [0.1, 0.15) is 0 Å². The summed E-state index contributed by atoms with van der Waals surface area (Å²) < 4.78 is 0. The molecule has 0 aliphatic heterocycles. The molecule has 1 saturated carbocycles. The van der Waals surface area contributed by atoms with E-state index >= 15 is 0 Å². The van der Waals surface area contributed by atoms with E-state index < -0.39 is 0 Å². The first-order valence-corrected chi connectivity index (χ1v) is 7.02. The Morgan fingerprint density at radius 3 is 2.72 bits per heavy atom. The van der Waals surface area contributed by atoms with E-state index in [0.717, 1.165) is 23.6 Å². The molecule has 1 aliphatic rings. The van der Waals surface area contributed by atoms with Gasteiger partial charge >= 0.3 is 0 Å². The summed E-state index contributed by atoms with van der Waals surface area (Å²) in [5, 5.41) is 12.6. The van der Waals surface area contributed by atoms with Crippen molar-refractivity contribution in [1.29, 1.82) is 5.26 Å². The number of hydrogen-bond donors (Lipinski definition) is 1. The smallest absolute Gasteiger partial charge is 0.0995 e. The summed E-state index contributed by atoms with van der Waals surface area (Å²) in [6, 6.07) is 10.7. The van der Waals surface area contributed by atoms with E-state index in [4.69, 9.17) is 5.26 Å². The number of benzene rings is 1. The number of nitrogens with one attached hydrogen (secondary N) is 1. The summed E-state index contributed by atoms with van der Waals surface area (Å²) in [7, 11) is 0. The molecule has 1 unspecified atom stereocenters. The first-order chi connectivity index (χ1) is 8.81. The van der Waals surface area contributed by atoms with Crippen LogP contribution < -0.4 is 5.32 Å². The van der Waals surface area contributed by atoms with Crippen molar-refractivity contribution >= 4 is 0 Å². The zero-order valence-electron chi connectivity index (χ0n) is 11.2. The Morgan fingerprint density at radius 1 is 1.28 bits per heavy atom. The van der Waals surface area contributed by atoms with Gasteiger partial charge in [0.25, 0.3) is 0 Å². The normalized spacial score (nSPS) is 18.2. The van der Waals surface area contributed by atoms with E-state index in [2.05, 4.69) is 18.3 Å². The van der Waals surface area contributed by atoms with E-state index in [0.29, 0.717) is 6.04 Å². The molecule has 1 aromatic carbocycles. The summed E-state index contributed by atoms with van der Waals surface area (Å²) >= 11 is 0. The molecule has 1 aliphatic carbocycles. The summed E-state index contributed by atoms with van der Waals surface area (Å²) in [5.41, 5.74) is 1.91. The van der Waals surface area contributed by atoms with Crippen LogP contribution in [0.15, 0.2) is 24.3 Å². The average molecular weight is 242 g/mol. The van der Waals surface area contributed by atoms with Crippen LogP contribution in [-0.4, -0.2) is 6.04 Å². The van der Waals surface area contributed by atoms with E-state index in [1.807, 2.05) is 24.3 Å². The van der Waals surface area contributed by atoms with Crippen LogP contribution in [0, 0.1) is 17.2 Å². The van der Waals surface area contributed by atoms with Crippen LogP contribution in [0.4, 0.5) is 0 Å². The van der Waals surface area contributed by atoms with Gasteiger partial charge in [-0.25, -0.2) is 0 Å². The van der Waals surface area contributed by atoms with Gasteiger partial charge in [-0.2, -0.15) is 5.26 Å². The molecule has 0 bridgehead atoms. The monoisotopic (exact) mass is 242 g/mol. The van der Waals surface area contributed by atoms with Crippen LogP contribution >= 0.6 is 0 Å². The second-order valence-corrected chi connectivity index (χ2v) is 5.34. The lowest BCUT2D eigenvalue weighted by Crippen LogP contribution is -2.34. The molecule has 0 spiro atoms. The lowest BCUT2D eigenvalue weighted by molar-refractivity contribution is 0.280. The van der Waals surface area contributed by atoms with Gasteiger partial charge in [0.05, 0.1) is 11.6 Å². The largest absolute Gasteiger partial charge is 0.310 e. The highest BCUT2D eigenvalue weighted by molar-refractivity contribution is 5.37. The van der Waals surface area contributed by atoms with Crippen LogP contribution in [-0.2, 0) is 6.54 Å². The Hall–Kier alpha value is -1.33. The van der Waals surface area contributed by atoms with Crippen molar-refractivity contribution in [3.63, 3.8) is 0 Å². The molecule has 1 fully saturated rings. The first kappa shape index (κ1) is 13.1. The average Bonchev–Trinajstić information content (AvgIpc) is 2.46. The number of nitriles is 1. The molecule has 2 rings (SSSR count). The Labute approximate surface area is 110 Å². The predicted molar refractivity (Wildman–Crippen MR) is 74.0 cm³/mol. The van der Waals surface area contributed by atoms with Crippen LogP contribution in [0.3, 0.4) is 0 Å². The molecular weight excluding hydrogens is 220 g/mol. The van der Waals surface area contributed by atoms with Crippen molar-refractivity contribution in [2.75, 3.05) is 0 Å². The number of nitrogens with zero attached hydrogens (tertiary/aromatic N) is 1. The first-order valence-electron chi connectivity index (χ1n) is 7.02. The maximum Gasteiger partial charge on any atom is 0.0995 e. The fourth-order valence-corrected chi connectivity index (χ4v) is 2.86. The van der Waals surface area contributed by atoms with Gasteiger partial charge in [0, 0.05) is 12.6 Å². The minimum absolute atomic E-state index is 0.553. The van der Waals surface area contributed by atoms with Crippen LogP contribution in [0.5, 0.6) is 0 Å². The van der Waals surface area contributed by atoms with E-state index in [-0.39, 0.29) is 0 Å². The fourth-order valence-electron chi connectivity index (χ4n) is 2.86. The van der Waals surface area contributed by atoms with Gasteiger partial charge in [-0.15, -0.1) is 0 Å². The topological polar surface area (TPSA) is 35.8 Å². The van der Waals surface area contributed by atoms with E-state index in [9.17, 15) is 0 Å². The van der Waals surface area contributed by atoms with Crippen molar-refractivity contribution in [2.24, 2.45) is 5.92 Å². The molecule has 0 aromatic heterocycles. The summed E-state index contributed by atoms with van der Waals surface area (Å²) in [5.74, 6) is 0.813. The second-order valence-electron chi connectivity index (χ2n) is 5.34. The highest BCUT2D eigenvalue weighted by atomic mass is 14.9. The molecule has 0 amide bonds. The molecule has 2 heteroatoms. The van der Waals surface area contributed by atoms with E-state index in [1.54, 1.807) is 0 Å². The molecular formula is C16H22N2. The Balaban J connectivity index is 1.88. The summed E-state index contributed by atoms with van der Waals surface area (Å²) in [6.07, 6.45) is 6.87. The van der Waals surface area contributed by atoms with E-state index in [1.165, 1.54) is 32.1 Å². The van der Waals surface area contributed by atoms with Gasteiger partial charge in [-0.3, -0.25) is 0 Å². The van der Waals surface area contributed by atoms with Gasteiger partial charge in [0.15, 0.2) is 0 Å². The summed E-state index contributed by atoms with van der Waals surface area (Å²) in [6.45, 7) is 3.09. The SMILES string of the molecule is CC(NCc1ccccc1C#N)C1CCCCC1. The van der Waals surface area contributed by atoms with Crippen molar-refractivity contribution < 1.29 is 0 Å². The van der Waals surface area contributed by atoms with Crippen molar-refractivity contribution in [3.8, 4) is 6.07 Å². The molecule has 0 radical (unpaired) electrons. The van der Waals surface area contributed by atoms with Gasteiger partial charge in [0.2, 0.25) is 0 Å². The molecule has 1 atom stereocenters. The molecule has 2 nitrogen and oxygen atoms in total.